The molecular weight excluding hydrogens is 392 g/mol. The third-order valence-corrected chi connectivity index (χ3v) is 4.83. The Bertz CT molecular complexity index is 1160. The minimum absolute atomic E-state index is 0.00575. The number of rotatable bonds is 5. The molecule has 0 saturated carbocycles. The van der Waals surface area contributed by atoms with Crippen molar-refractivity contribution in [3.63, 3.8) is 0 Å². The topological polar surface area (TPSA) is 156 Å². The summed E-state index contributed by atoms with van der Waals surface area (Å²) in [5.41, 5.74) is -2.01. The third kappa shape index (κ3) is 2.86. The summed E-state index contributed by atoms with van der Waals surface area (Å²) >= 11 is 0. The van der Waals surface area contributed by atoms with Crippen LogP contribution in [0.3, 0.4) is 0 Å². The van der Waals surface area contributed by atoms with Gasteiger partial charge in [-0.05, 0) is 12.8 Å². The molecule has 0 atom stereocenters. The molecule has 0 aromatic heterocycles. The summed E-state index contributed by atoms with van der Waals surface area (Å²) < 4.78 is 0. The Morgan fingerprint density at radius 3 is 2.00 bits per heavy atom. The van der Waals surface area contributed by atoms with Gasteiger partial charge in [-0.15, -0.1) is 13.2 Å². The van der Waals surface area contributed by atoms with Gasteiger partial charge in [0.2, 0.25) is 5.78 Å². The van der Waals surface area contributed by atoms with Crippen LogP contribution in [0.5, 0.6) is 17.2 Å². The fourth-order valence-corrected chi connectivity index (χ4v) is 3.40. The van der Waals surface area contributed by atoms with Crippen LogP contribution < -0.4 is 0 Å². The summed E-state index contributed by atoms with van der Waals surface area (Å²) in [5.74, 6) is -5.46. The highest BCUT2D eigenvalue weighted by atomic mass is 16.3. The molecule has 0 heterocycles. The molecule has 0 saturated heterocycles. The molecule has 2 aliphatic rings. The summed E-state index contributed by atoms with van der Waals surface area (Å²) in [4.78, 5) is 25.1. The predicted octanol–water partition coefficient (Wildman–Crippen LogP) is 3.09. The van der Waals surface area contributed by atoms with Crippen LogP contribution in [0.25, 0.3) is 5.57 Å². The molecule has 0 radical (unpaired) electrons. The van der Waals surface area contributed by atoms with E-state index in [0.717, 1.165) is 12.1 Å². The van der Waals surface area contributed by atoms with Gasteiger partial charge in [0.25, 0.3) is 0 Å². The second kappa shape index (κ2) is 7.32. The number of ketones is 2. The van der Waals surface area contributed by atoms with Crippen molar-refractivity contribution in [1.82, 2.24) is 0 Å². The van der Waals surface area contributed by atoms with Gasteiger partial charge in [-0.3, -0.25) is 9.59 Å². The third-order valence-electron chi connectivity index (χ3n) is 4.83. The summed E-state index contributed by atoms with van der Waals surface area (Å²) in [5, 5.41) is 61.3. The maximum absolute atomic E-state index is 12.8. The molecule has 154 valence electrons. The lowest BCUT2D eigenvalue weighted by Gasteiger charge is -2.27. The first kappa shape index (κ1) is 20.5. The van der Waals surface area contributed by atoms with Crippen LogP contribution in [0.4, 0.5) is 0 Å². The van der Waals surface area contributed by atoms with Crippen LogP contribution in [0.2, 0.25) is 0 Å². The van der Waals surface area contributed by atoms with Gasteiger partial charge in [0.1, 0.15) is 34.5 Å². The number of hydrogen-bond donors (Lipinski definition) is 6. The van der Waals surface area contributed by atoms with E-state index in [0.29, 0.717) is 0 Å². The maximum atomic E-state index is 12.8. The van der Waals surface area contributed by atoms with Crippen molar-refractivity contribution in [2.45, 2.75) is 12.8 Å². The van der Waals surface area contributed by atoms with Crippen LogP contribution in [0, 0.1) is 0 Å². The second-order valence-electron chi connectivity index (χ2n) is 6.63. The Balaban J connectivity index is 2.25. The molecule has 0 unspecified atom stereocenters. The summed E-state index contributed by atoms with van der Waals surface area (Å²) in [6.45, 7) is 6.98. The van der Waals surface area contributed by atoms with E-state index in [1.165, 1.54) is 12.2 Å². The largest absolute Gasteiger partial charge is 0.507 e. The fraction of sp³-hybridized carbons (Fsp3) is 0.0909. The second-order valence-corrected chi connectivity index (χ2v) is 6.63. The van der Waals surface area contributed by atoms with Crippen LogP contribution in [0.1, 0.15) is 17.5 Å². The number of aromatic hydroxyl groups is 3. The van der Waals surface area contributed by atoms with Gasteiger partial charge in [0, 0.05) is 23.3 Å². The van der Waals surface area contributed by atoms with Crippen molar-refractivity contribution in [2.75, 3.05) is 0 Å². The first-order chi connectivity index (χ1) is 14.1. The first-order valence-electron chi connectivity index (χ1n) is 8.74. The standard InChI is InChI=1S/C22H18O8/c1-3-5-9-11(23)7-13(25)15(19(9)27)17-21(29)18(22(17)30)16-14(26)8-12(24)10(6-4-2)20(16)28/h3-4,7-8,23-25,27-29H,1-2,5-6H2/b18-16-. The number of phenols is 3. The number of benzene rings is 1. The highest BCUT2D eigenvalue weighted by Gasteiger charge is 2.43. The quantitative estimate of drug-likeness (QED) is 0.319. The number of phenolic OH excluding ortho intramolecular Hbond substituents is 3. The highest BCUT2D eigenvalue weighted by molar-refractivity contribution is 6.42. The molecule has 3 rings (SSSR count). The molecule has 8 heteroatoms. The molecule has 8 nitrogen and oxygen atoms in total. The first-order valence-corrected chi connectivity index (χ1v) is 8.74. The Morgan fingerprint density at radius 2 is 1.43 bits per heavy atom. The van der Waals surface area contributed by atoms with E-state index < -0.39 is 68.4 Å². The molecule has 1 aromatic rings. The van der Waals surface area contributed by atoms with Gasteiger partial charge in [-0.2, -0.15) is 0 Å². The van der Waals surface area contributed by atoms with E-state index in [1.807, 2.05) is 0 Å². The molecule has 1 aromatic carbocycles. The maximum Gasteiger partial charge on any atom is 0.202 e. The zero-order chi connectivity index (χ0) is 22.3. The van der Waals surface area contributed by atoms with Gasteiger partial charge in [0.15, 0.2) is 5.78 Å². The Labute approximate surface area is 170 Å². The monoisotopic (exact) mass is 410 g/mol. The molecule has 2 aliphatic carbocycles. The van der Waals surface area contributed by atoms with Crippen LogP contribution in [0.15, 0.2) is 71.4 Å². The normalized spacial score (nSPS) is 19.0. The van der Waals surface area contributed by atoms with Gasteiger partial charge in [-0.1, -0.05) is 12.2 Å². The number of hydrogen-bond acceptors (Lipinski definition) is 8. The van der Waals surface area contributed by atoms with E-state index in [4.69, 9.17) is 0 Å². The van der Waals surface area contributed by atoms with Gasteiger partial charge < -0.3 is 30.6 Å². The van der Waals surface area contributed by atoms with E-state index in [2.05, 4.69) is 13.2 Å². The van der Waals surface area contributed by atoms with E-state index in [-0.39, 0.29) is 24.0 Å². The zero-order valence-electron chi connectivity index (χ0n) is 15.6. The number of aliphatic hydroxyl groups is 3. The van der Waals surface area contributed by atoms with Crippen molar-refractivity contribution in [3.05, 3.63) is 82.6 Å². The average Bonchev–Trinajstić information content (AvgIpc) is 2.68. The molecule has 0 bridgehead atoms. The minimum Gasteiger partial charge on any atom is -0.507 e. The lowest BCUT2D eigenvalue weighted by Crippen LogP contribution is -2.27. The van der Waals surface area contributed by atoms with Crippen molar-refractivity contribution >= 4 is 17.1 Å². The molecule has 0 amide bonds. The number of allylic oxidation sites excluding steroid dienone is 7. The van der Waals surface area contributed by atoms with E-state index in [9.17, 15) is 40.2 Å². The number of Topliss-reactive ketones (excluding diaryl/α,β-unsaturated/α-hetero) is 1. The summed E-state index contributed by atoms with van der Waals surface area (Å²) in [7, 11) is 0. The lowest BCUT2D eigenvalue weighted by atomic mass is 9.77. The van der Waals surface area contributed by atoms with E-state index >= 15 is 0 Å². The highest BCUT2D eigenvalue weighted by Crippen LogP contribution is 2.49. The molecule has 0 spiro atoms. The van der Waals surface area contributed by atoms with Crippen LogP contribution >= 0.6 is 0 Å². The molecule has 6 N–H and O–H groups in total. The molecule has 0 aliphatic heterocycles. The smallest absolute Gasteiger partial charge is 0.202 e. The van der Waals surface area contributed by atoms with Crippen LogP contribution in [-0.2, 0) is 16.0 Å². The number of carbonyl (C=O) groups is 2. The van der Waals surface area contributed by atoms with E-state index in [1.54, 1.807) is 0 Å². The van der Waals surface area contributed by atoms with Gasteiger partial charge in [0.05, 0.1) is 22.3 Å². The molecular formula is C22H18O8. The van der Waals surface area contributed by atoms with Crippen molar-refractivity contribution < 1.29 is 40.2 Å². The Morgan fingerprint density at radius 1 is 0.800 bits per heavy atom. The van der Waals surface area contributed by atoms with Gasteiger partial charge >= 0.3 is 0 Å². The minimum atomic E-state index is -0.920. The Kier molecular flexibility index (Phi) is 5.01. The Hall–Kier alpha value is -4.20. The van der Waals surface area contributed by atoms with Gasteiger partial charge in [-0.25, -0.2) is 0 Å². The molecule has 0 fully saturated rings. The van der Waals surface area contributed by atoms with Crippen molar-refractivity contribution in [1.29, 1.82) is 0 Å². The fourth-order valence-electron chi connectivity index (χ4n) is 3.40. The summed E-state index contributed by atoms with van der Waals surface area (Å²) in [6, 6.07) is 0.901. The van der Waals surface area contributed by atoms with Crippen molar-refractivity contribution in [2.24, 2.45) is 0 Å². The number of carbonyl (C=O) groups excluding carboxylic acids is 2. The van der Waals surface area contributed by atoms with Crippen molar-refractivity contribution in [3.8, 4) is 17.2 Å². The number of aliphatic hydroxyl groups excluding tert-OH is 3. The zero-order valence-corrected chi connectivity index (χ0v) is 15.6. The van der Waals surface area contributed by atoms with Crippen LogP contribution in [-0.4, -0.2) is 42.2 Å². The predicted molar refractivity (Wildman–Crippen MR) is 107 cm³/mol. The molecule has 30 heavy (non-hydrogen) atoms. The average molecular weight is 410 g/mol. The summed E-state index contributed by atoms with van der Waals surface area (Å²) in [6.07, 6.45) is 3.55. The SMILES string of the molecule is C=CCC1=C(O)/C(=C2\C(=O)C(c3c(O)cc(O)c(CC=C)c3O)=C2O)C(=O)C=C1O. The lowest BCUT2D eigenvalue weighted by molar-refractivity contribution is -0.114.